The topological polar surface area (TPSA) is 203 Å². The number of carbonyl (C=O) groups excluding carboxylic acids is 1. The number of likely N-dealkylation sites (tertiary alicyclic amines) is 1. The Kier molecular flexibility index (Phi) is 14.7. The van der Waals surface area contributed by atoms with Crippen LogP contribution in [-0.4, -0.2) is 87.9 Å². The molecule has 0 bridgehead atoms. The molecule has 2 atom stereocenters. The van der Waals surface area contributed by atoms with Crippen molar-refractivity contribution in [3.63, 3.8) is 0 Å². The van der Waals surface area contributed by atoms with Crippen molar-refractivity contribution in [2.24, 2.45) is 0 Å². The van der Waals surface area contributed by atoms with Crippen LogP contribution in [0.4, 0.5) is 5.69 Å². The number of nitrogens with one attached hydrogen (secondary N) is 2. The summed E-state index contributed by atoms with van der Waals surface area (Å²) >= 11 is 6.19. The van der Waals surface area contributed by atoms with Gasteiger partial charge in [-0.05, 0) is 49.7 Å². The highest BCUT2D eigenvalue weighted by Crippen LogP contribution is 2.28. The number of halogens is 1. The quantitative estimate of drug-likeness (QED) is 0.249. The standard InChI is InChI=1S/C22H28ClN3O2.2C2H2O4/c1-3-26-13-7-10-18(26)15-24-21(16-8-5-4-6-9-16)22(27)25-17-11-12-20(28-2)19(23)14-17;2*3-1(4)2(5)6/h4-6,8-9,11-12,14,18,21,24H,3,7,10,13,15H2,1-2H3,(H,25,27);2*(H,3,4)(H,5,6). The van der Waals surface area contributed by atoms with Gasteiger partial charge in [-0.15, -0.1) is 0 Å². The van der Waals surface area contributed by atoms with E-state index in [1.165, 1.54) is 6.42 Å². The highest BCUT2D eigenvalue weighted by molar-refractivity contribution is 6.32. The molecule has 1 saturated heterocycles. The molecule has 2 aromatic carbocycles. The Morgan fingerprint density at radius 1 is 0.975 bits per heavy atom. The normalized spacial score (nSPS) is 14.8. The number of amides is 1. The second kappa shape index (κ2) is 17.4. The molecular formula is C26H32ClN3O10. The van der Waals surface area contributed by atoms with Gasteiger partial charge >= 0.3 is 23.9 Å². The largest absolute Gasteiger partial charge is 0.495 e. The van der Waals surface area contributed by atoms with E-state index < -0.39 is 29.9 Å². The van der Waals surface area contributed by atoms with Crippen LogP contribution < -0.4 is 15.4 Å². The molecule has 40 heavy (non-hydrogen) atoms. The molecule has 14 heteroatoms. The average molecular weight is 582 g/mol. The molecule has 1 aliphatic rings. The molecule has 218 valence electrons. The highest BCUT2D eigenvalue weighted by atomic mass is 35.5. The fourth-order valence-corrected chi connectivity index (χ4v) is 4.02. The lowest BCUT2D eigenvalue weighted by atomic mass is 10.1. The minimum atomic E-state index is -1.82. The summed E-state index contributed by atoms with van der Waals surface area (Å²) in [7, 11) is 1.57. The first-order chi connectivity index (χ1) is 18.9. The van der Waals surface area contributed by atoms with Crippen LogP contribution >= 0.6 is 11.6 Å². The minimum absolute atomic E-state index is 0.103. The number of hydrogen-bond donors (Lipinski definition) is 6. The number of carboxylic acid groups (broad SMARTS) is 4. The van der Waals surface area contributed by atoms with Crippen LogP contribution in [0, 0.1) is 0 Å². The lowest BCUT2D eigenvalue weighted by molar-refractivity contribution is -0.159. The van der Waals surface area contributed by atoms with E-state index in [0.29, 0.717) is 22.5 Å². The van der Waals surface area contributed by atoms with Gasteiger partial charge in [-0.3, -0.25) is 9.69 Å². The molecule has 1 heterocycles. The van der Waals surface area contributed by atoms with Crippen molar-refractivity contribution >= 4 is 47.1 Å². The smallest absolute Gasteiger partial charge is 0.414 e. The molecule has 2 aromatic rings. The summed E-state index contributed by atoms with van der Waals surface area (Å²) in [6, 6.07) is 15.1. The number of rotatable bonds is 8. The van der Waals surface area contributed by atoms with E-state index in [4.69, 9.17) is 55.9 Å². The molecule has 0 spiro atoms. The molecule has 0 saturated carbocycles. The number of benzene rings is 2. The third-order valence-electron chi connectivity index (χ3n) is 5.64. The van der Waals surface area contributed by atoms with Gasteiger partial charge in [0.25, 0.3) is 0 Å². The minimum Gasteiger partial charge on any atom is -0.495 e. The Labute approximate surface area is 235 Å². The van der Waals surface area contributed by atoms with Gasteiger partial charge in [0.05, 0.1) is 12.1 Å². The maximum absolute atomic E-state index is 13.1. The van der Waals surface area contributed by atoms with Gasteiger partial charge in [-0.1, -0.05) is 48.9 Å². The number of likely N-dealkylation sites (N-methyl/N-ethyl adjacent to an activating group) is 1. The molecule has 1 aliphatic heterocycles. The fourth-order valence-electron chi connectivity index (χ4n) is 3.76. The molecule has 6 N–H and O–H groups in total. The number of hydrogen-bond acceptors (Lipinski definition) is 8. The van der Waals surface area contributed by atoms with Gasteiger partial charge in [0, 0.05) is 18.3 Å². The summed E-state index contributed by atoms with van der Waals surface area (Å²) in [6.45, 7) is 5.14. The zero-order valence-electron chi connectivity index (χ0n) is 21.9. The second-order valence-electron chi connectivity index (χ2n) is 8.24. The number of aliphatic carboxylic acids is 4. The zero-order valence-corrected chi connectivity index (χ0v) is 22.6. The summed E-state index contributed by atoms with van der Waals surface area (Å²) in [4.78, 5) is 51.9. The second-order valence-corrected chi connectivity index (χ2v) is 8.64. The molecule has 1 amide bonds. The number of carbonyl (C=O) groups is 5. The van der Waals surface area contributed by atoms with Crippen LogP contribution in [0.1, 0.15) is 31.4 Å². The lowest BCUT2D eigenvalue weighted by Gasteiger charge is -2.26. The van der Waals surface area contributed by atoms with Crippen molar-refractivity contribution in [2.75, 3.05) is 32.1 Å². The first kappa shape index (κ1) is 33.8. The maximum Gasteiger partial charge on any atom is 0.414 e. The number of anilines is 1. The molecule has 0 radical (unpaired) electrons. The molecule has 0 aromatic heterocycles. The maximum atomic E-state index is 13.1. The molecule has 13 nitrogen and oxygen atoms in total. The van der Waals surface area contributed by atoms with Crippen molar-refractivity contribution in [1.29, 1.82) is 0 Å². The monoisotopic (exact) mass is 581 g/mol. The third-order valence-corrected chi connectivity index (χ3v) is 5.94. The first-order valence-electron chi connectivity index (χ1n) is 12.0. The summed E-state index contributed by atoms with van der Waals surface area (Å²) in [5.41, 5.74) is 1.59. The summed E-state index contributed by atoms with van der Waals surface area (Å²) in [6.07, 6.45) is 2.38. The van der Waals surface area contributed by atoms with E-state index >= 15 is 0 Å². The third kappa shape index (κ3) is 11.7. The molecule has 0 aliphatic carbocycles. The number of methoxy groups -OCH3 is 1. The van der Waals surface area contributed by atoms with Gasteiger partial charge < -0.3 is 35.8 Å². The van der Waals surface area contributed by atoms with E-state index in [1.54, 1.807) is 25.3 Å². The van der Waals surface area contributed by atoms with Gasteiger partial charge in [0.2, 0.25) is 5.91 Å². The van der Waals surface area contributed by atoms with Crippen LogP contribution in [0.5, 0.6) is 5.75 Å². The van der Waals surface area contributed by atoms with Crippen LogP contribution in [0.3, 0.4) is 0 Å². The average Bonchev–Trinajstić information content (AvgIpc) is 3.38. The zero-order chi connectivity index (χ0) is 30.2. The van der Waals surface area contributed by atoms with Crippen molar-refractivity contribution in [3.8, 4) is 5.75 Å². The predicted molar refractivity (Wildman–Crippen MR) is 145 cm³/mol. The Bertz CT molecular complexity index is 1110. The first-order valence-corrected chi connectivity index (χ1v) is 12.4. The Morgan fingerprint density at radius 3 is 2.02 bits per heavy atom. The van der Waals surface area contributed by atoms with E-state index in [1.807, 2.05) is 30.3 Å². The van der Waals surface area contributed by atoms with Crippen LogP contribution in [0.15, 0.2) is 48.5 Å². The predicted octanol–water partition coefficient (Wildman–Crippen LogP) is 2.41. The van der Waals surface area contributed by atoms with Crippen molar-refractivity contribution in [1.82, 2.24) is 10.2 Å². The van der Waals surface area contributed by atoms with Gasteiger partial charge in [0.1, 0.15) is 11.8 Å². The molecular weight excluding hydrogens is 550 g/mol. The fraction of sp³-hybridized carbons (Fsp3) is 0.346. The number of nitrogens with zero attached hydrogens (tertiary/aromatic N) is 1. The van der Waals surface area contributed by atoms with E-state index in [0.717, 1.165) is 31.6 Å². The van der Waals surface area contributed by atoms with E-state index in [9.17, 15) is 4.79 Å². The van der Waals surface area contributed by atoms with Gasteiger partial charge in [-0.2, -0.15) is 0 Å². The highest BCUT2D eigenvalue weighted by Gasteiger charge is 2.26. The summed E-state index contributed by atoms with van der Waals surface area (Å²) in [5.74, 6) is -6.82. The Hall–Kier alpha value is -4.20. The number of ether oxygens (including phenoxy) is 1. The summed E-state index contributed by atoms with van der Waals surface area (Å²) < 4.78 is 5.18. The SMILES string of the molecule is CCN1CCCC1CNC(C(=O)Nc1ccc(OC)c(Cl)c1)c1ccccc1.O=C(O)C(=O)O.O=C(O)C(=O)O. The molecule has 1 fully saturated rings. The van der Waals surface area contributed by atoms with Gasteiger partial charge in [0.15, 0.2) is 0 Å². The van der Waals surface area contributed by atoms with E-state index in [2.05, 4.69) is 22.5 Å². The van der Waals surface area contributed by atoms with Crippen molar-refractivity contribution in [2.45, 2.75) is 31.8 Å². The molecule has 3 rings (SSSR count). The van der Waals surface area contributed by atoms with Crippen LogP contribution in [0.2, 0.25) is 5.02 Å². The Balaban J connectivity index is 0.000000559. The van der Waals surface area contributed by atoms with Crippen molar-refractivity contribution in [3.05, 3.63) is 59.1 Å². The van der Waals surface area contributed by atoms with Crippen LogP contribution in [0.25, 0.3) is 0 Å². The summed E-state index contributed by atoms with van der Waals surface area (Å²) in [5, 5.41) is 36.5. The molecule has 2 unspecified atom stereocenters. The lowest BCUT2D eigenvalue weighted by Crippen LogP contribution is -2.42. The van der Waals surface area contributed by atoms with Crippen LogP contribution in [-0.2, 0) is 24.0 Å². The van der Waals surface area contributed by atoms with E-state index in [-0.39, 0.29) is 5.91 Å². The number of carboxylic acids is 4. The van der Waals surface area contributed by atoms with Crippen molar-refractivity contribution < 1.29 is 49.1 Å². The Morgan fingerprint density at radius 2 is 1.55 bits per heavy atom. The van der Waals surface area contributed by atoms with Gasteiger partial charge in [-0.25, -0.2) is 19.2 Å².